The van der Waals surface area contributed by atoms with Gasteiger partial charge in [-0.3, -0.25) is 9.69 Å². The van der Waals surface area contributed by atoms with Crippen molar-refractivity contribution in [2.24, 2.45) is 5.92 Å². The summed E-state index contributed by atoms with van der Waals surface area (Å²) in [5, 5.41) is 7.01. The van der Waals surface area contributed by atoms with Crippen LogP contribution in [0.3, 0.4) is 0 Å². The number of cyclic esters (lactones) is 1. The predicted octanol–water partition coefficient (Wildman–Crippen LogP) is 2.79. The first-order chi connectivity index (χ1) is 15.1. The number of amides is 2. The van der Waals surface area contributed by atoms with Gasteiger partial charge in [0.05, 0.1) is 6.54 Å². The van der Waals surface area contributed by atoms with Crippen LogP contribution in [0.2, 0.25) is 5.02 Å². The fraction of sp³-hybridized carbons (Fsp3) is 0.409. The van der Waals surface area contributed by atoms with E-state index in [1.54, 1.807) is 12.1 Å². The number of ether oxygens (including phenoxy) is 2. The van der Waals surface area contributed by atoms with Crippen LogP contribution in [0, 0.1) is 5.92 Å². The number of aromatic nitrogens is 1. The number of carbonyl (C=O) groups is 2. The van der Waals surface area contributed by atoms with Crippen LogP contribution in [0.1, 0.15) is 17.5 Å². The van der Waals surface area contributed by atoms with Gasteiger partial charge in [0.2, 0.25) is 0 Å². The van der Waals surface area contributed by atoms with E-state index in [-0.39, 0.29) is 18.6 Å². The highest BCUT2D eigenvalue weighted by molar-refractivity contribution is 6.31. The highest BCUT2D eigenvalue weighted by Gasteiger charge is 2.33. The lowest BCUT2D eigenvalue weighted by atomic mass is 10.1. The Morgan fingerprint density at radius 1 is 1.23 bits per heavy atom. The standard InChI is InChI=1S/C22H23ClN4O4/c23-17-3-1-2-14-8-13(9-16(14)17)10-24-7-6-15-11-27(22(29)31-15)19-5-4-18-21(25-19)26-20(28)12-30-18/h1-5,13,15,24H,6-12H2,(H,25,26,28)/t13-,15-/m0/s1. The zero-order valence-corrected chi connectivity index (χ0v) is 17.7. The molecule has 0 spiro atoms. The van der Waals surface area contributed by atoms with Gasteiger partial charge in [-0.1, -0.05) is 23.7 Å². The number of fused-ring (bicyclic) bond motifs is 2. The molecule has 0 saturated carbocycles. The Bertz CT molecular complexity index is 1030. The van der Waals surface area contributed by atoms with Crippen LogP contribution in [0.25, 0.3) is 0 Å². The number of benzene rings is 1. The number of carbonyl (C=O) groups excluding carboxylic acids is 2. The molecule has 2 amide bonds. The molecular weight excluding hydrogens is 420 g/mol. The summed E-state index contributed by atoms with van der Waals surface area (Å²) in [6, 6.07) is 9.51. The third-order valence-corrected chi connectivity index (χ3v) is 6.26. The molecule has 2 aliphatic heterocycles. The van der Waals surface area contributed by atoms with E-state index in [2.05, 4.69) is 21.7 Å². The van der Waals surface area contributed by atoms with E-state index in [9.17, 15) is 9.59 Å². The van der Waals surface area contributed by atoms with Crippen molar-refractivity contribution in [1.82, 2.24) is 10.3 Å². The summed E-state index contributed by atoms with van der Waals surface area (Å²) >= 11 is 6.30. The number of nitrogens with one attached hydrogen (secondary N) is 2. The van der Waals surface area contributed by atoms with Crippen molar-refractivity contribution < 1.29 is 19.1 Å². The Balaban J connectivity index is 1.10. The fourth-order valence-corrected chi connectivity index (χ4v) is 4.64. The minimum absolute atomic E-state index is 0.0329. The van der Waals surface area contributed by atoms with Crippen LogP contribution in [0.15, 0.2) is 30.3 Å². The average Bonchev–Trinajstić information content (AvgIpc) is 3.34. The molecular formula is C22H23ClN4O4. The van der Waals surface area contributed by atoms with Gasteiger partial charge in [-0.05, 0) is 67.6 Å². The molecule has 0 bridgehead atoms. The molecule has 0 radical (unpaired) electrons. The van der Waals surface area contributed by atoms with E-state index in [1.807, 2.05) is 12.1 Å². The van der Waals surface area contributed by atoms with Gasteiger partial charge in [0, 0.05) is 5.02 Å². The van der Waals surface area contributed by atoms with Crippen LogP contribution in [-0.2, 0) is 22.4 Å². The van der Waals surface area contributed by atoms with Gasteiger partial charge in [0.1, 0.15) is 11.9 Å². The van der Waals surface area contributed by atoms with Crippen molar-refractivity contribution in [1.29, 1.82) is 0 Å². The largest absolute Gasteiger partial charge is 0.480 e. The molecule has 2 atom stereocenters. The van der Waals surface area contributed by atoms with Crippen LogP contribution >= 0.6 is 11.6 Å². The Labute approximate surface area is 184 Å². The van der Waals surface area contributed by atoms with Gasteiger partial charge in [-0.15, -0.1) is 0 Å². The van der Waals surface area contributed by atoms with Gasteiger partial charge >= 0.3 is 6.09 Å². The SMILES string of the molecule is O=C1COc2ccc(N3C[C@H](CCNC[C@H]4Cc5cccc(Cl)c5C4)OC3=O)nc2N1. The first kappa shape index (κ1) is 20.1. The van der Waals surface area contributed by atoms with Gasteiger partial charge in [0.25, 0.3) is 5.91 Å². The molecule has 2 N–H and O–H groups in total. The topological polar surface area (TPSA) is 92.8 Å². The van der Waals surface area contributed by atoms with E-state index < -0.39 is 6.09 Å². The van der Waals surface area contributed by atoms with E-state index >= 15 is 0 Å². The Morgan fingerprint density at radius 2 is 2.13 bits per heavy atom. The lowest BCUT2D eigenvalue weighted by Crippen LogP contribution is -2.30. The van der Waals surface area contributed by atoms with Crippen molar-refractivity contribution >= 4 is 35.2 Å². The molecule has 1 aliphatic carbocycles. The number of nitrogens with zero attached hydrogens (tertiary/aromatic N) is 2. The molecule has 5 rings (SSSR count). The Hall–Kier alpha value is -2.84. The van der Waals surface area contributed by atoms with Crippen molar-refractivity contribution in [2.45, 2.75) is 25.4 Å². The fourth-order valence-electron chi connectivity index (χ4n) is 4.37. The van der Waals surface area contributed by atoms with Gasteiger partial charge in [-0.2, -0.15) is 0 Å². The minimum Gasteiger partial charge on any atom is -0.480 e. The van der Waals surface area contributed by atoms with Gasteiger partial charge in [-0.25, -0.2) is 9.78 Å². The highest BCUT2D eigenvalue weighted by Crippen LogP contribution is 2.32. The molecule has 1 aromatic heterocycles. The first-order valence-corrected chi connectivity index (χ1v) is 10.8. The summed E-state index contributed by atoms with van der Waals surface area (Å²) in [5.41, 5.74) is 2.62. The van der Waals surface area contributed by atoms with Gasteiger partial charge < -0.3 is 20.1 Å². The summed E-state index contributed by atoms with van der Waals surface area (Å²) in [5.74, 6) is 1.52. The Kier molecular flexibility index (Phi) is 5.41. The van der Waals surface area contributed by atoms with Crippen molar-refractivity contribution in [3.8, 4) is 5.75 Å². The number of hydrogen-bond donors (Lipinski definition) is 2. The van der Waals surface area contributed by atoms with E-state index in [0.29, 0.717) is 36.3 Å². The Morgan fingerprint density at radius 3 is 3.00 bits per heavy atom. The quantitative estimate of drug-likeness (QED) is 0.668. The van der Waals surface area contributed by atoms with Gasteiger partial charge in [0.15, 0.2) is 18.2 Å². The molecule has 3 aliphatic rings. The lowest BCUT2D eigenvalue weighted by molar-refractivity contribution is -0.118. The van der Waals surface area contributed by atoms with Crippen molar-refractivity contribution in [3.05, 3.63) is 46.5 Å². The number of rotatable bonds is 6. The monoisotopic (exact) mass is 442 g/mol. The maximum absolute atomic E-state index is 12.3. The lowest BCUT2D eigenvalue weighted by Gasteiger charge is -2.19. The van der Waals surface area contributed by atoms with Crippen molar-refractivity contribution in [2.75, 3.05) is 36.5 Å². The molecule has 8 nitrogen and oxygen atoms in total. The summed E-state index contributed by atoms with van der Waals surface area (Å²) in [6.45, 7) is 2.05. The number of hydrogen-bond acceptors (Lipinski definition) is 6. The van der Waals surface area contributed by atoms with Crippen molar-refractivity contribution in [3.63, 3.8) is 0 Å². The second-order valence-corrected chi connectivity index (χ2v) is 8.52. The number of anilines is 2. The van der Waals surface area contributed by atoms with Crippen LogP contribution in [-0.4, -0.2) is 49.3 Å². The minimum atomic E-state index is -0.429. The second-order valence-electron chi connectivity index (χ2n) is 8.11. The zero-order chi connectivity index (χ0) is 21.4. The molecule has 2 aromatic rings. The molecule has 3 heterocycles. The molecule has 1 fully saturated rings. The molecule has 162 valence electrons. The normalized spacial score (nSPS) is 21.9. The maximum atomic E-state index is 12.3. The summed E-state index contributed by atoms with van der Waals surface area (Å²) in [7, 11) is 0. The molecule has 9 heteroatoms. The van der Waals surface area contributed by atoms with E-state index in [4.69, 9.17) is 21.1 Å². The molecule has 1 saturated heterocycles. The molecule has 1 aromatic carbocycles. The van der Waals surface area contributed by atoms with Crippen LogP contribution in [0.4, 0.5) is 16.4 Å². The maximum Gasteiger partial charge on any atom is 0.415 e. The molecule has 31 heavy (non-hydrogen) atoms. The van der Waals surface area contributed by atoms with E-state index in [0.717, 1.165) is 31.0 Å². The third kappa shape index (κ3) is 4.18. The predicted molar refractivity (Wildman–Crippen MR) is 116 cm³/mol. The summed E-state index contributed by atoms with van der Waals surface area (Å²) < 4.78 is 10.8. The van der Waals surface area contributed by atoms with Crippen LogP contribution < -0.4 is 20.3 Å². The number of halogens is 1. The van der Waals surface area contributed by atoms with E-state index in [1.165, 1.54) is 16.0 Å². The third-order valence-electron chi connectivity index (χ3n) is 5.90. The average molecular weight is 443 g/mol. The zero-order valence-electron chi connectivity index (χ0n) is 16.9. The second kappa shape index (κ2) is 8.36. The first-order valence-electron chi connectivity index (χ1n) is 10.5. The highest BCUT2D eigenvalue weighted by atomic mass is 35.5. The summed E-state index contributed by atoms with van der Waals surface area (Å²) in [6.07, 6.45) is 2.12. The smallest absolute Gasteiger partial charge is 0.415 e. The van der Waals surface area contributed by atoms with Crippen LogP contribution in [0.5, 0.6) is 5.75 Å². The number of pyridine rings is 1. The molecule has 0 unspecified atom stereocenters. The summed E-state index contributed by atoms with van der Waals surface area (Å²) in [4.78, 5) is 29.7.